The molecule has 31 heavy (non-hydrogen) atoms. The van der Waals surface area contributed by atoms with Crippen LogP contribution in [0.15, 0.2) is 48.7 Å². The Morgan fingerprint density at radius 1 is 1.00 bits per heavy atom. The van der Waals surface area contributed by atoms with Crippen LogP contribution in [0.5, 0.6) is 11.5 Å². The molecule has 0 unspecified atom stereocenters. The average molecular weight is 430 g/mol. The molecule has 0 saturated carbocycles. The van der Waals surface area contributed by atoms with Gasteiger partial charge >= 0.3 is 0 Å². The number of hydrogen-bond acceptors (Lipinski definition) is 6. The summed E-state index contributed by atoms with van der Waals surface area (Å²) in [5, 5.41) is 5.21. The maximum atomic E-state index is 14.4. The number of ether oxygens (including phenoxy) is 2. The van der Waals surface area contributed by atoms with E-state index in [2.05, 4.69) is 15.6 Å². The van der Waals surface area contributed by atoms with Gasteiger partial charge in [-0.05, 0) is 24.3 Å². The number of benzene rings is 2. The van der Waals surface area contributed by atoms with Gasteiger partial charge in [0.05, 0.1) is 31.2 Å². The van der Waals surface area contributed by atoms with E-state index in [-0.39, 0.29) is 17.1 Å². The smallest absolute Gasteiger partial charge is 0.257 e. The predicted octanol–water partition coefficient (Wildman–Crippen LogP) is 4.98. The van der Waals surface area contributed by atoms with Crippen molar-refractivity contribution in [3.05, 3.63) is 65.9 Å². The number of rotatable bonds is 6. The van der Waals surface area contributed by atoms with Crippen molar-refractivity contribution >= 4 is 28.8 Å². The molecule has 0 bridgehead atoms. The lowest BCUT2D eigenvalue weighted by Crippen LogP contribution is -2.15. The van der Waals surface area contributed by atoms with Crippen molar-refractivity contribution in [1.29, 1.82) is 0 Å². The van der Waals surface area contributed by atoms with Crippen molar-refractivity contribution in [3.8, 4) is 11.5 Å². The number of halogens is 2. The highest BCUT2D eigenvalue weighted by atomic mass is 19.1. The molecule has 4 N–H and O–H groups in total. The summed E-state index contributed by atoms with van der Waals surface area (Å²) in [5.74, 6) is -2.94. The summed E-state index contributed by atoms with van der Waals surface area (Å²) in [7, 11) is 2.44. The molecule has 9 heteroatoms. The largest absolute Gasteiger partial charge is 0.493 e. The van der Waals surface area contributed by atoms with Crippen molar-refractivity contribution in [2.45, 2.75) is 13.8 Å². The van der Waals surface area contributed by atoms with Gasteiger partial charge in [-0.3, -0.25) is 4.79 Å². The van der Waals surface area contributed by atoms with Crippen molar-refractivity contribution in [3.63, 3.8) is 0 Å². The third-order valence-electron chi connectivity index (χ3n) is 4.06. The zero-order chi connectivity index (χ0) is 23.0. The molecule has 0 aliphatic carbocycles. The number of nitrogens with two attached hydrogens (primary N) is 1. The standard InChI is InChI=1S/C20H18F2N4O3.C2H6/c1-28-14-9-15(29-2)18(22)19(17(14)21)26-20(27)11-7-8-16(24-10-11)25-13-6-4-3-5-12(13)23;1-2/h3-10H,23H2,1-2H3,(H,24,25)(H,26,27);1-2H3. The van der Waals surface area contributed by atoms with Gasteiger partial charge in [-0.25, -0.2) is 13.8 Å². The molecule has 0 atom stereocenters. The van der Waals surface area contributed by atoms with E-state index in [9.17, 15) is 13.6 Å². The molecule has 0 saturated heterocycles. The fraction of sp³-hybridized carbons (Fsp3) is 0.182. The van der Waals surface area contributed by atoms with Crippen molar-refractivity contribution in [1.82, 2.24) is 4.98 Å². The number of carbonyl (C=O) groups excluding carboxylic acids is 1. The fourth-order valence-corrected chi connectivity index (χ4v) is 2.53. The molecule has 0 radical (unpaired) electrons. The molecule has 2 aromatic carbocycles. The lowest BCUT2D eigenvalue weighted by molar-refractivity contribution is 0.102. The molecule has 1 heterocycles. The minimum atomic E-state index is -1.05. The molecule has 3 rings (SSSR count). The number of aromatic nitrogens is 1. The molecule has 7 nitrogen and oxygen atoms in total. The quantitative estimate of drug-likeness (QED) is 0.477. The van der Waals surface area contributed by atoms with Gasteiger partial charge < -0.3 is 25.8 Å². The Morgan fingerprint density at radius 2 is 1.61 bits per heavy atom. The zero-order valence-electron chi connectivity index (χ0n) is 17.6. The molecule has 0 aliphatic heterocycles. The van der Waals surface area contributed by atoms with Crippen molar-refractivity contribution in [2.75, 3.05) is 30.6 Å². The van der Waals surface area contributed by atoms with Gasteiger partial charge in [0, 0.05) is 12.3 Å². The molecule has 0 fully saturated rings. The Morgan fingerprint density at radius 3 is 2.13 bits per heavy atom. The van der Waals surface area contributed by atoms with Crippen molar-refractivity contribution < 1.29 is 23.0 Å². The first kappa shape index (κ1) is 23.4. The van der Waals surface area contributed by atoms with Gasteiger partial charge in [-0.15, -0.1) is 0 Å². The van der Waals surface area contributed by atoms with Crippen LogP contribution < -0.4 is 25.8 Å². The Bertz CT molecular complexity index is 1020. The molecule has 0 aliphatic rings. The molecule has 164 valence electrons. The van der Waals surface area contributed by atoms with E-state index >= 15 is 0 Å². The summed E-state index contributed by atoms with van der Waals surface area (Å²) in [6.07, 6.45) is 1.27. The van der Waals surface area contributed by atoms with Crippen LogP contribution >= 0.6 is 0 Å². The van der Waals surface area contributed by atoms with E-state index in [0.717, 1.165) is 6.07 Å². The van der Waals surface area contributed by atoms with Gasteiger partial charge in [0.2, 0.25) is 0 Å². The average Bonchev–Trinajstić information content (AvgIpc) is 2.80. The number of nitrogens with one attached hydrogen (secondary N) is 2. The highest BCUT2D eigenvalue weighted by molar-refractivity contribution is 6.04. The number of nitrogens with zero attached hydrogens (tertiary/aromatic N) is 1. The highest BCUT2D eigenvalue weighted by Crippen LogP contribution is 2.35. The van der Waals surface area contributed by atoms with E-state index < -0.39 is 23.2 Å². The van der Waals surface area contributed by atoms with Crippen LogP contribution in [-0.2, 0) is 0 Å². The van der Waals surface area contributed by atoms with Crippen LogP contribution in [0.2, 0.25) is 0 Å². The van der Waals surface area contributed by atoms with Gasteiger partial charge in [-0.2, -0.15) is 0 Å². The minimum absolute atomic E-state index is 0.0946. The van der Waals surface area contributed by atoms with Crippen LogP contribution in [-0.4, -0.2) is 25.1 Å². The Balaban J connectivity index is 0.00000166. The molecule has 0 spiro atoms. The molecule has 1 aromatic heterocycles. The number of methoxy groups -OCH3 is 2. The second-order valence-electron chi connectivity index (χ2n) is 5.88. The van der Waals surface area contributed by atoms with Crippen LogP contribution in [0.25, 0.3) is 0 Å². The van der Waals surface area contributed by atoms with E-state index in [1.807, 2.05) is 19.9 Å². The van der Waals surface area contributed by atoms with E-state index in [1.165, 1.54) is 26.5 Å². The maximum Gasteiger partial charge on any atom is 0.257 e. The molecule has 1 amide bonds. The van der Waals surface area contributed by atoms with Gasteiger partial charge in [0.15, 0.2) is 23.1 Å². The molecular weight excluding hydrogens is 406 g/mol. The van der Waals surface area contributed by atoms with E-state index in [4.69, 9.17) is 15.2 Å². The number of para-hydroxylation sites is 2. The van der Waals surface area contributed by atoms with Gasteiger partial charge in [0.1, 0.15) is 11.5 Å². The molecule has 3 aromatic rings. The zero-order valence-corrected chi connectivity index (χ0v) is 17.6. The Hall–Kier alpha value is -3.88. The predicted molar refractivity (Wildman–Crippen MR) is 117 cm³/mol. The first-order chi connectivity index (χ1) is 14.9. The fourth-order valence-electron chi connectivity index (χ4n) is 2.53. The second-order valence-corrected chi connectivity index (χ2v) is 5.88. The maximum absolute atomic E-state index is 14.4. The second kappa shape index (κ2) is 10.8. The summed E-state index contributed by atoms with van der Waals surface area (Å²) in [4.78, 5) is 16.6. The van der Waals surface area contributed by atoms with Crippen LogP contribution in [0.1, 0.15) is 24.2 Å². The number of pyridine rings is 1. The first-order valence-electron chi connectivity index (χ1n) is 9.43. The van der Waals surface area contributed by atoms with E-state index in [1.54, 1.807) is 24.3 Å². The Kier molecular flexibility index (Phi) is 8.13. The highest BCUT2D eigenvalue weighted by Gasteiger charge is 2.22. The number of amides is 1. The Labute approximate surface area is 179 Å². The summed E-state index contributed by atoms with van der Waals surface area (Å²) < 4.78 is 38.5. The normalized spacial score (nSPS) is 9.87. The SMILES string of the molecule is CC.COc1cc(OC)c(F)c(NC(=O)c2ccc(Nc3ccccc3N)nc2)c1F. The van der Waals surface area contributed by atoms with Crippen LogP contribution in [0.4, 0.5) is 31.7 Å². The number of carbonyl (C=O) groups is 1. The van der Waals surface area contributed by atoms with Gasteiger partial charge in [0.25, 0.3) is 5.91 Å². The van der Waals surface area contributed by atoms with E-state index in [0.29, 0.717) is 17.2 Å². The lowest BCUT2D eigenvalue weighted by atomic mass is 10.2. The van der Waals surface area contributed by atoms with Crippen LogP contribution in [0, 0.1) is 11.6 Å². The summed E-state index contributed by atoms with van der Waals surface area (Å²) >= 11 is 0. The summed E-state index contributed by atoms with van der Waals surface area (Å²) in [6.45, 7) is 4.00. The number of nitrogen functional groups attached to an aromatic ring is 1. The molecular formula is C22H24F2N4O3. The summed E-state index contributed by atoms with van der Waals surface area (Å²) in [5.41, 5.74) is 6.47. The monoisotopic (exact) mass is 430 g/mol. The topological polar surface area (TPSA) is 98.5 Å². The number of hydrogen-bond donors (Lipinski definition) is 3. The minimum Gasteiger partial charge on any atom is -0.493 e. The lowest BCUT2D eigenvalue weighted by Gasteiger charge is -2.13. The van der Waals surface area contributed by atoms with Gasteiger partial charge in [-0.1, -0.05) is 26.0 Å². The number of anilines is 4. The third kappa shape index (κ3) is 5.39. The third-order valence-corrected chi connectivity index (χ3v) is 4.06. The van der Waals surface area contributed by atoms with Crippen LogP contribution in [0.3, 0.4) is 0 Å². The first-order valence-corrected chi connectivity index (χ1v) is 9.43. The van der Waals surface area contributed by atoms with Crippen molar-refractivity contribution in [2.24, 2.45) is 0 Å². The summed E-state index contributed by atoms with van der Waals surface area (Å²) in [6, 6.07) is 11.2.